The van der Waals surface area contributed by atoms with E-state index >= 15 is 0 Å². The first-order chi connectivity index (χ1) is 21.3. The van der Waals surface area contributed by atoms with E-state index in [0.29, 0.717) is 30.9 Å². The molecule has 203 valence electrons. The third kappa shape index (κ3) is 5.39. The molecule has 7 rings (SSSR count). The van der Waals surface area contributed by atoms with Gasteiger partial charge in [0, 0.05) is 22.3 Å². The fraction of sp³-hybridized carbons (Fsp3) is 0. The highest BCUT2D eigenvalue weighted by Crippen LogP contribution is 2.33. The Kier molecular flexibility index (Phi) is 7.18. The first-order valence-corrected chi connectivity index (χ1v) is 14.0. The number of hydrogen-bond acceptors (Lipinski definition) is 5. The highest BCUT2D eigenvalue weighted by atomic mass is 16.5. The van der Waals surface area contributed by atoms with Gasteiger partial charge in [0.1, 0.15) is 5.75 Å². The van der Waals surface area contributed by atoms with Gasteiger partial charge in [-0.1, -0.05) is 133 Å². The van der Waals surface area contributed by atoms with Crippen LogP contribution in [-0.2, 0) is 0 Å². The Morgan fingerprint density at radius 2 is 0.977 bits per heavy atom. The summed E-state index contributed by atoms with van der Waals surface area (Å²) in [5.41, 5.74) is 6.77. The van der Waals surface area contributed by atoms with Crippen LogP contribution in [0.15, 0.2) is 146 Å². The van der Waals surface area contributed by atoms with Gasteiger partial charge < -0.3 is 9.68 Å². The summed E-state index contributed by atoms with van der Waals surface area (Å²) in [5, 5.41) is 11.6. The number of hydrogen-bond donors (Lipinski definition) is 1. The van der Waals surface area contributed by atoms with Gasteiger partial charge in [-0.25, -0.2) is 15.0 Å². The third-order valence-electron chi connectivity index (χ3n) is 7.41. The lowest BCUT2D eigenvalue weighted by atomic mass is 9.97. The number of nitrogens with zero attached hydrogens (tertiary/aromatic N) is 3. The number of fused-ring (bicyclic) bond motifs is 1. The summed E-state index contributed by atoms with van der Waals surface area (Å²) >= 11 is 0. The summed E-state index contributed by atoms with van der Waals surface area (Å²) in [6, 6.07) is 48.7. The van der Waals surface area contributed by atoms with E-state index in [-0.39, 0.29) is 0 Å². The predicted molar refractivity (Wildman–Crippen MR) is 173 cm³/mol. The van der Waals surface area contributed by atoms with Crippen LogP contribution in [0.1, 0.15) is 0 Å². The SMILES string of the molecule is O[B]Oc1ccccc1-c1ccc(-c2nc(-c3ccccc3)nc(-c3cccc(-c4cccc5ccccc45)c3)n2)cc1. The Bertz CT molecular complexity index is 2040. The predicted octanol–water partition coefficient (Wildman–Crippen LogP) is 8.27. The van der Waals surface area contributed by atoms with Gasteiger partial charge in [-0.3, -0.25) is 0 Å². The van der Waals surface area contributed by atoms with Crippen LogP contribution in [0.2, 0.25) is 0 Å². The molecule has 0 fully saturated rings. The minimum atomic E-state index is 0.567. The molecule has 43 heavy (non-hydrogen) atoms. The summed E-state index contributed by atoms with van der Waals surface area (Å²) in [4.78, 5) is 14.8. The van der Waals surface area contributed by atoms with Crippen molar-refractivity contribution in [1.82, 2.24) is 15.0 Å². The standard InChI is InChI=1S/C37H25BN3O2/c42-38-43-34-19-7-6-17-33(34)26-20-22-28(23-21-26)36-39-35(27-11-2-1-3-12-27)40-37(41-36)30-15-8-14-29(24-30)32-18-9-13-25-10-4-5-16-31(25)32/h1-24,42H. The van der Waals surface area contributed by atoms with Crippen LogP contribution in [0.3, 0.4) is 0 Å². The van der Waals surface area contributed by atoms with E-state index in [9.17, 15) is 5.02 Å². The average molecular weight is 554 g/mol. The van der Waals surface area contributed by atoms with Crippen molar-refractivity contribution in [3.8, 4) is 62.2 Å². The van der Waals surface area contributed by atoms with Crippen molar-refractivity contribution in [1.29, 1.82) is 0 Å². The second-order valence-electron chi connectivity index (χ2n) is 10.1. The summed E-state index contributed by atoms with van der Waals surface area (Å²) in [7, 11) is 0.694. The molecular formula is C37H25BN3O2. The molecule has 0 spiro atoms. The first-order valence-electron chi connectivity index (χ1n) is 14.0. The highest BCUT2D eigenvalue weighted by Gasteiger charge is 2.14. The summed E-state index contributed by atoms with van der Waals surface area (Å²) in [6.45, 7) is 0. The quantitative estimate of drug-likeness (QED) is 0.201. The van der Waals surface area contributed by atoms with Crippen LogP contribution in [0.5, 0.6) is 5.75 Å². The molecule has 1 aromatic heterocycles. The molecule has 0 unspecified atom stereocenters. The minimum absolute atomic E-state index is 0.567. The van der Waals surface area contributed by atoms with E-state index in [1.54, 1.807) is 0 Å². The number of rotatable bonds is 7. The summed E-state index contributed by atoms with van der Waals surface area (Å²) in [6.07, 6.45) is 0. The molecule has 0 atom stereocenters. The van der Waals surface area contributed by atoms with Crippen molar-refractivity contribution in [2.24, 2.45) is 0 Å². The Hall–Kier alpha value is -5.59. The summed E-state index contributed by atoms with van der Waals surface area (Å²) in [5.74, 6) is 2.36. The maximum atomic E-state index is 9.18. The smallest absolute Gasteiger partial charge is 0.537 e. The summed E-state index contributed by atoms with van der Waals surface area (Å²) < 4.78 is 5.30. The number of aromatic nitrogens is 3. The molecule has 5 nitrogen and oxygen atoms in total. The fourth-order valence-electron chi connectivity index (χ4n) is 5.32. The molecule has 0 aliphatic rings. The number of benzene rings is 6. The van der Waals surface area contributed by atoms with Crippen molar-refractivity contribution in [2.75, 3.05) is 0 Å². The van der Waals surface area contributed by atoms with Gasteiger partial charge in [-0.05, 0) is 39.6 Å². The van der Waals surface area contributed by atoms with Gasteiger partial charge in [0.25, 0.3) is 0 Å². The van der Waals surface area contributed by atoms with Crippen LogP contribution < -0.4 is 4.65 Å². The van der Waals surface area contributed by atoms with Crippen LogP contribution in [0.25, 0.3) is 67.2 Å². The van der Waals surface area contributed by atoms with Gasteiger partial charge in [0.15, 0.2) is 17.5 Å². The maximum Gasteiger partial charge on any atom is 0.569 e. The fourth-order valence-corrected chi connectivity index (χ4v) is 5.32. The zero-order valence-electron chi connectivity index (χ0n) is 23.1. The van der Waals surface area contributed by atoms with Crippen LogP contribution in [0.4, 0.5) is 0 Å². The van der Waals surface area contributed by atoms with Crippen molar-refractivity contribution >= 4 is 18.5 Å². The molecule has 0 amide bonds. The molecule has 0 saturated carbocycles. The van der Waals surface area contributed by atoms with Gasteiger partial charge in [0.05, 0.1) is 0 Å². The number of para-hydroxylation sites is 1. The van der Waals surface area contributed by atoms with Crippen molar-refractivity contribution in [3.05, 3.63) is 146 Å². The van der Waals surface area contributed by atoms with Gasteiger partial charge in [0.2, 0.25) is 0 Å². The molecule has 1 radical (unpaired) electrons. The molecule has 7 aromatic rings. The Labute approximate surface area is 250 Å². The second kappa shape index (κ2) is 11.7. The zero-order chi connectivity index (χ0) is 29.0. The van der Waals surface area contributed by atoms with E-state index in [4.69, 9.17) is 19.6 Å². The van der Waals surface area contributed by atoms with Gasteiger partial charge >= 0.3 is 7.69 Å². The molecule has 0 saturated heterocycles. The topological polar surface area (TPSA) is 68.1 Å². The van der Waals surface area contributed by atoms with Crippen LogP contribution >= 0.6 is 0 Å². The normalized spacial score (nSPS) is 10.9. The van der Waals surface area contributed by atoms with Crippen molar-refractivity contribution in [2.45, 2.75) is 0 Å². The zero-order valence-corrected chi connectivity index (χ0v) is 23.1. The van der Waals surface area contributed by atoms with Crippen molar-refractivity contribution < 1.29 is 9.68 Å². The molecule has 0 aliphatic carbocycles. The first kappa shape index (κ1) is 26.3. The Balaban J connectivity index is 1.32. The highest BCUT2D eigenvalue weighted by molar-refractivity contribution is 6.17. The maximum absolute atomic E-state index is 9.18. The molecule has 0 aliphatic heterocycles. The van der Waals surface area contributed by atoms with Gasteiger partial charge in [-0.2, -0.15) is 0 Å². The molecule has 6 aromatic carbocycles. The van der Waals surface area contributed by atoms with Crippen LogP contribution in [0, 0.1) is 0 Å². The van der Waals surface area contributed by atoms with E-state index in [1.807, 2.05) is 84.9 Å². The largest absolute Gasteiger partial charge is 0.569 e. The molecule has 1 heterocycles. The second-order valence-corrected chi connectivity index (χ2v) is 10.1. The van der Waals surface area contributed by atoms with Crippen LogP contribution in [-0.4, -0.2) is 27.7 Å². The van der Waals surface area contributed by atoms with Gasteiger partial charge in [-0.15, -0.1) is 0 Å². The molecular weight excluding hydrogens is 529 g/mol. The molecule has 0 bridgehead atoms. The Morgan fingerprint density at radius 1 is 0.442 bits per heavy atom. The lowest BCUT2D eigenvalue weighted by molar-refractivity contribution is 0.455. The van der Waals surface area contributed by atoms with E-state index in [1.165, 1.54) is 10.8 Å². The Morgan fingerprint density at radius 3 is 1.77 bits per heavy atom. The lowest BCUT2D eigenvalue weighted by Gasteiger charge is -2.12. The van der Waals surface area contributed by atoms with E-state index in [2.05, 4.69) is 60.7 Å². The third-order valence-corrected chi connectivity index (χ3v) is 7.41. The molecule has 1 N–H and O–H groups in total. The van der Waals surface area contributed by atoms with E-state index < -0.39 is 0 Å². The van der Waals surface area contributed by atoms with E-state index in [0.717, 1.165) is 38.9 Å². The minimum Gasteiger partial charge on any atom is -0.537 e. The lowest BCUT2D eigenvalue weighted by Crippen LogP contribution is -2.01. The van der Waals surface area contributed by atoms with Crippen molar-refractivity contribution in [3.63, 3.8) is 0 Å². The monoisotopic (exact) mass is 554 g/mol. The molecule has 6 heteroatoms. The average Bonchev–Trinajstić information content (AvgIpc) is 3.09.